The summed E-state index contributed by atoms with van der Waals surface area (Å²) in [6, 6.07) is 14.4. The van der Waals surface area contributed by atoms with E-state index in [0.717, 1.165) is 35.2 Å². The number of carbonyl (C=O) groups is 1. The van der Waals surface area contributed by atoms with Gasteiger partial charge in [-0.2, -0.15) is 0 Å². The monoisotopic (exact) mass is 386 g/mol. The van der Waals surface area contributed by atoms with Gasteiger partial charge in [0.15, 0.2) is 0 Å². The Morgan fingerprint density at radius 2 is 1.92 bits per heavy atom. The molecule has 1 saturated heterocycles. The molecule has 1 heterocycles. The molecule has 1 amide bonds. The molecule has 126 valence electrons. The van der Waals surface area contributed by atoms with Gasteiger partial charge in [-0.15, -0.1) is 0 Å². The highest BCUT2D eigenvalue weighted by atomic mass is 79.9. The van der Waals surface area contributed by atoms with E-state index in [1.165, 1.54) is 11.1 Å². The van der Waals surface area contributed by atoms with Crippen LogP contribution in [-0.4, -0.2) is 22.9 Å². The molecule has 1 aliphatic rings. The molecule has 0 aromatic heterocycles. The highest BCUT2D eigenvalue weighted by Gasteiger charge is 2.46. The fourth-order valence-corrected chi connectivity index (χ4v) is 3.40. The van der Waals surface area contributed by atoms with Gasteiger partial charge in [-0.05, 0) is 50.5 Å². The van der Waals surface area contributed by atoms with Gasteiger partial charge in [0.25, 0.3) is 0 Å². The average Bonchev–Trinajstić information content (AvgIpc) is 2.56. The molecule has 24 heavy (non-hydrogen) atoms. The first-order valence-electron chi connectivity index (χ1n) is 8.27. The predicted octanol–water partition coefficient (Wildman–Crippen LogP) is 4.67. The first-order valence-corrected chi connectivity index (χ1v) is 9.06. The number of anilines is 1. The maximum atomic E-state index is 12.9. The Balaban J connectivity index is 1.71. The van der Waals surface area contributed by atoms with Gasteiger partial charge in [-0.1, -0.05) is 51.8 Å². The molecule has 1 atom stereocenters. The number of benzene rings is 2. The van der Waals surface area contributed by atoms with Crippen molar-refractivity contribution in [3.8, 4) is 0 Å². The minimum atomic E-state index is -0.445. The van der Waals surface area contributed by atoms with Crippen molar-refractivity contribution < 1.29 is 4.79 Å². The van der Waals surface area contributed by atoms with E-state index in [1.807, 2.05) is 32.0 Å². The first-order chi connectivity index (χ1) is 11.4. The van der Waals surface area contributed by atoms with Crippen LogP contribution in [0.1, 0.15) is 30.0 Å². The largest absolute Gasteiger partial charge is 0.324 e. The first kappa shape index (κ1) is 17.2. The van der Waals surface area contributed by atoms with Crippen LogP contribution in [0.5, 0.6) is 0 Å². The van der Waals surface area contributed by atoms with E-state index in [1.54, 1.807) is 0 Å². The molecule has 3 nitrogen and oxygen atoms in total. The Hall–Kier alpha value is -1.65. The summed E-state index contributed by atoms with van der Waals surface area (Å²) in [4.78, 5) is 15.1. The molecule has 0 radical (unpaired) electrons. The third kappa shape index (κ3) is 3.26. The fraction of sp³-hybridized carbons (Fsp3) is 0.350. The molecular formula is C20H23BrN2O. The number of nitrogens with one attached hydrogen (secondary N) is 1. The van der Waals surface area contributed by atoms with Crippen molar-refractivity contribution in [3.63, 3.8) is 0 Å². The highest BCUT2D eigenvalue weighted by Crippen LogP contribution is 2.34. The van der Waals surface area contributed by atoms with Gasteiger partial charge in [0.05, 0.1) is 5.54 Å². The molecule has 2 aromatic carbocycles. The SMILES string of the molecule is Cc1ccc(CN2CCC2(C)C(=O)Nc2cccc(Br)c2C)cc1. The lowest BCUT2D eigenvalue weighted by Gasteiger charge is -2.49. The number of amides is 1. The van der Waals surface area contributed by atoms with Crippen molar-refractivity contribution in [2.45, 2.75) is 39.3 Å². The van der Waals surface area contributed by atoms with Crippen LogP contribution in [0.2, 0.25) is 0 Å². The van der Waals surface area contributed by atoms with Crippen molar-refractivity contribution in [1.29, 1.82) is 0 Å². The third-order valence-electron chi connectivity index (χ3n) is 5.07. The summed E-state index contributed by atoms with van der Waals surface area (Å²) in [7, 11) is 0. The number of nitrogens with zero attached hydrogens (tertiary/aromatic N) is 1. The van der Waals surface area contributed by atoms with Gasteiger partial charge in [-0.3, -0.25) is 9.69 Å². The minimum absolute atomic E-state index is 0.0714. The van der Waals surface area contributed by atoms with Crippen LogP contribution < -0.4 is 5.32 Å². The summed E-state index contributed by atoms with van der Waals surface area (Å²) in [5, 5.41) is 3.11. The highest BCUT2D eigenvalue weighted by molar-refractivity contribution is 9.10. The lowest BCUT2D eigenvalue weighted by Crippen LogP contribution is -2.63. The van der Waals surface area contributed by atoms with Crippen LogP contribution in [-0.2, 0) is 11.3 Å². The van der Waals surface area contributed by atoms with E-state index in [4.69, 9.17) is 0 Å². The van der Waals surface area contributed by atoms with Gasteiger partial charge in [0.1, 0.15) is 0 Å². The van der Waals surface area contributed by atoms with Crippen LogP contribution in [0.3, 0.4) is 0 Å². The second-order valence-corrected chi connectivity index (χ2v) is 7.65. The Bertz CT molecular complexity index is 757. The number of halogens is 1. The van der Waals surface area contributed by atoms with Crippen molar-refractivity contribution in [1.82, 2.24) is 4.90 Å². The number of rotatable bonds is 4. The smallest absolute Gasteiger partial charge is 0.244 e. The van der Waals surface area contributed by atoms with Crippen molar-refractivity contribution in [3.05, 3.63) is 63.6 Å². The van der Waals surface area contributed by atoms with Crippen LogP contribution in [0, 0.1) is 13.8 Å². The Morgan fingerprint density at radius 1 is 1.21 bits per heavy atom. The number of carbonyl (C=O) groups excluding carboxylic acids is 1. The van der Waals surface area contributed by atoms with Crippen LogP contribution >= 0.6 is 15.9 Å². The maximum Gasteiger partial charge on any atom is 0.244 e. The standard InChI is InChI=1S/C20H23BrN2O/c1-14-7-9-16(10-8-14)13-23-12-11-20(23,3)19(24)22-18-6-4-5-17(21)15(18)2/h4-10H,11-13H2,1-3H3,(H,22,24). The average molecular weight is 387 g/mol. The molecule has 0 spiro atoms. The zero-order valence-electron chi connectivity index (χ0n) is 14.4. The summed E-state index contributed by atoms with van der Waals surface area (Å²) in [6.07, 6.45) is 0.887. The van der Waals surface area contributed by atoms with Gasteiger partial charge >= 0.3 is 0 Å². The van der Waals surface area contributed by atoms with E-state index >= 15 is 0 Å². The van der Waals surface area contributed by atoms with E-state index < -0.39 is 5.54 Å². The van der Waals surface area contributed by atoms with E-state index in [-0.39, 0.29) is 5.91 Å². The van der Waals surface area contributed by atoms with E-state index in [0.29, 0.717) is 0 Å². The van der Waals surface area contributed by atoms with Gasteiger partial charge in [-0.25, -0.2) is 0 Å². The molecule has 2 aromatic rings. The third-order valence-corrected chi connectivity index (χ3v) is 5.92. The molecule has 0 aliphatic carbocycles. The second kappa shape index (κ2) is 6.69. The maximum absolute atomic E-state index is 12.9. The summed E-state index contributed by atoms with van der Waals surface area (Å²) in [6.45, 7) is 7.89. The zero-order valence-corrected chi connectivity index (χ0v) is 16.0. The second-order valence-electron chi connectivity index (χ2n) is 6.80. The molecule has 0 saturated carbocycles. The van der Waals surface area contributed by atoms with Crippen molar-refractivity contribution in [2.24, 2.45) is 0 Å². The molecule has 1 fully saturated rings. The zero-order chi connectivity index (χ0) is 17.3. The molecular weight excluding hydrogens is 364 g/mol. The summed E-state index contributed by atoms with van der Waals surface area (Å²) < 4.78 is 1.01. The quantitative estimate of drug-likeness (QED) is 0.827. The molecule has 1 N–H and O–H groups in total. The lowest BCUT2D eigenvalue weighted by molar-refractivity contribution is -0.136. The number of hydrogen-bond donors (Lipinski definition) is 1. The normalized spacial score (nSPS) is 20.5. The van der Waals surface area contributed by atoms with E-state index in [9.17, 15) is 4.79 Å². The Labute approximate surface area is 152 Å². The summed E-state index contributed by atoms with van der Waals surface area (Å²) in [5.41, 5.74) is 3.99. The Morgan fingerprint density at radius 3 is 2.54 bits per heavy atom. The Kier molecular flexibility index (Phi) is 4.79. The minimum Gasteiger partial charge on any atom is -0.324 e. The molecule has 4 heteroatoms. The topological polar surface area (TPSA) is 32.3 Å². The lowest BCUT2D eigenvalue weighted by atomic mass is 9.85. The van der Waals surface area contributed by atoms with Crippen molar-refractivity contribution >= 4 is 27.5 Å². The molecule has 1 aliphatic heterocycles. The molecule has 3 rings (SSSR count). The number of likely N-dealkylation sites (tertiary alicyclic amines) is 1. The summed E-state index contributed by atoms with van der Waals surface area (Å²) >= 11 is 3.52. The predicted molar refractivity (Wildman–Crippen MR) is 102 cm³/mol. The van der Waals surface area contributed by atoms with Crippen LogP contribution in [0.4, 0.5) is 5.69 Å². The summed E-state index contributed by atoms with van der Waals surface area (Å²) in [5.74, 6) is 0.0714. The molecule has 0 bridgehead atoms. The van der Waals surface area contributed by atoms with Crippen molar-refractivity contribution in [2.75, 3.05) is 11.9 Å². The van der Waals surface area contributed by atoms with Crippen LogP contribution in [0.25, 0.3) is 0 Å². The van der Waals surface area contributed by atoms with E-state index in [2.05, 4.69) is 57.3 Å². The number of hydrogen-bond acceptors (Lipinski definition) is 2. The van der Waals surface area contributed by atoms with Gasteiger partial charge in [0.2, 0.25) is 5.91 Å². The van der Waals surface area contributed by atoms with Gasteiger partial charge in [0, 0.05) is 23.2 Å². The number of aryl methyl sites for hydroxylation is 1. The molecule has 1 unspecified atom stereocenters. The fourth-order valence-electron chi connectivity index (χ4n) is 3.03. The van der Waals surface area contributed by atoms with Crippen LogP contribution in [0.15, 0.2) is 46.9 Å². The van der Waals surface area contributed by atoms with Gasteiger partial charge < -0.3 is 5.32 Å².